The van der Waals surface area contributed by atoms with Crippen LogP contribution in [0.1, 0.15) is 201 Å². The Bertz CT molecular complexity index is 5400. The summed E-state index contributed by atoms with van der Waals surface area (Å²) in [6, 6.07) is 33.6. The minimum atomic E-state index is 0.993. The van der Waals surface area contributed by atoms with Crippen molar-refractivity contribution in [1.82, 2.24) is 29.9 Å². The summed E-state index contributed by atoms with van der Waals surface area (Å²) in [4.78, 5) is 28.1. The molecule has 6 heterocycles. The predicted octanol–water partition coefficient (Wildman–Crippen LogP) is 23.3. The van der Waals surface area contributed by atoms with Gasteiger partial charge in [0.05, 0.1) is 34.2 Å². The first-order valence-corrected chi connectivity index (χ1v) is 36.8. The normalized spacial score (nSPS) is 12.5. The quantitative estimate of drug-likeness (QED) is 0.151. The molecule has 0 bridgehead atoms. The summed E-state index contributed by atoms with van der Waals surface area (Å²) < 4.78 is 0. The zero-order chi connectivity index (χ0) is 72.9. The Morgan fingerprint density at radius 2 is 0.627 bits per heavy atom. The smallest absolute Gasteiger partial charge is 0.0532 e. The molecular formula is C96H102N6. The first-order valence-electron chi connectivity index (χ1n) is 36.8. The first-order chi connectivity index (χ1) is 48.5. The molecule has 12 aromatic rings. The van der Waals surface area contributed by atoms with E-state index in [0.29, 0.717) is 0 Å². The monoisotopic (exact) mass is 1340 g/mol. The second kappa shape index (κ2) is 27.5. The van der Waals surface area contributed by atoms with Crippen LogP contribution < -0.4 is 0 Å². The molecule has 6 aromatic heterocycles. The van der Waals surface area contributed by atoms with E-state index in [0.717, 1.165) is 38.5 Å². The Labute approximate surface area is 608 Å². The third-order valence-electron chi connectivity index (χ3n) is 24.0. The van der Waals surface area contributed by atoms with Crippen molar-refractivity contribution in [3.05, 3.63) is 311 Å². The van der Waals surface area contributed by atoms with Crippen LogP contribution in [-0.2, 0) is 38.5 Å². The molecule has 6 aliphatic carbocycles. The minimum absolute atomic E-state index is 0.993. The number of benzene rings is 6. The molecular weight excluding hydrogens is 1240 g/mol. The molecule has 0 saturated carbocycles. The molecule has 0 aliphatic heterocycles. The van der Waals surface area contributed by atoms with Crippen molar-refractivity contribution in [3.8, 4) is 66.8 Å². The van der Waals surface area contributed by atoms with Gasteiger partial charge in [-0.3, -0.25) is 29.9 Å². The van der Waals surface area contributed by atoms with Gasteiger partial charge in [-0.15, -0.1) is 0 Å². The summed E-state index contributed by atoms with van der Waals surface area (Å²) in [6.45, 7) is 52.3. The van der Waals surface area contributed by atoms with E-state index in [-0.39, 0.29) is 0 Å². The van der Waals surface area contributed by atoms with Gasteiger partial charge in [-0.25, -0.2) is 0 Å². The highest BCUT2D eigenvalue weighted by atomic mass is 14.8. The summed E-state index contributed by atoms with van der Waals surface area (Å²) >= 11 is 0. The van der Waals surface area contributed by atoms with Gasteiger partial charge < -0.3 is 0 Å². The van der Waals surface area contributed by atoms with Gasteiger partial charge in [0, 0.05) is 108 Å². The second-order valence-corrected chi connectivity index (χ2v) is 30.7. The molecule has 0 amide bonds. The lowest BCUT2D eigenvalue weighted by Gasteiger charge is -2.11. The van der Waals surface area contributed by atoms with Crippen LogP contribution in [0, 0.1) is 166 Å². The van der Waals surface area contributed by atoms with E-state index in [1.165, 1.54) is 268 Å². The fraction of sp³-hybridized carbons (Fsp3) is 0.312. The van der Waals surface area contributed by atoms with Gasteiger partial charge in [0.15, 0.2) is 0 Å². The number of hydrogen-bond acceptors (Lipinski definition) is 6. The van der Waals surface area contributed by atoms with Crippen molar-refractivity contribution in [1.29, 1.82) is 0 Å². The molecule has 6 aromatic carbocycles. The van der Waals surface area contributed by atoms with Crippen LogP contribution in [0.2, 0.25) is 0 Å². The Morgan fingerprint density at radius 3 is 1.22 bits per heavy atom. The molecule has 0 unspecified atom stereocenters. The average Bonchev–Trinajstić information content (AvgIpc) is 1.64. The number of nitrogens with zero attached hydrogens (tertiary/aromatic N) is 6. The summed E-state index contributed by atoms with van der Waals surface area (Å²) in [6.07, 6.45) is 12.0. The largest absolute Gasteiger partial charge is 0.260 e. The Kier molecular flexibility index (Phi) is 19.1. The maximum atomic E-state index is 4.77. The lowest BCUT2D eigenvalue weighted by Crippen LogP contribution is -1.97. The van der Waals surface area contributed by atoms with Gasteiger partial charge in [0.2, 0.25) is 0 Å². The number of pyridine rings is 6. The molecule has 0 fully saturated rings. The lowest BCUT2D eigenvalue weighted by atomic mass is 9.94. The molecule has 0 saturated heterocycles. The van der Waals surface area contributed by atoms with Gasteiger partial charge in [0.1, 0.15) is 0 Å². The molecule has 0 radical (unpaired) electrons. The summed E-state index contributed by atoms with van der Waals surface area (Å²) in [5.74, 6) is 0. The van der Waals surface area contributed by atoms with Crippen molar-refractivity contribution in [2.24, 2.45) is 0 Å². The number of aromatic nitrogens is 6. The highest BCUT2D eigenvalue weighted by Crippen LogP contribution is 2.47. The van der Waals surface area contributed by atoms with E-state index in [2.05, 4.69) is 272 Å². The van der Waals surface area contributed by atoms with Crippen LogP contribution in [-0.4, -0.2) is 29.9 Å². The molecule has 0 atom stereocenters. The van der Waals surface area contributed by atoms with Gasteiger partial charge in [-0.05, 0) is 333 Å². The average molecular weight is 1340 g/mol. The SMILES string of the molecule is Cc1cc(C)c2c(c1)Cc1ncc(C)c(C)c1-2.Cc1ccc2c(c1)-c1c(nc(C)c(C)c1C)C2.Cc1ccc2c(c1)Cc1nc(C)c(C)c(C)c1-2.Cc1ccc2c(c1C)-c1c(ncc(C)c1C)C2.Cc1cccc2c1Cc1nc(C)c(C)c(C)c1-2.Cc1cnc2c(c1C)-c1c(C)ccc(C)c1C2. The third-order valence-corrected chi connectivity index (χ3v) is 24.0. The maximum Gasteiger partial charge on any atom is 0.0532 e. The standard InChI is InChI=1S/6C16H17N/c1-9-5-10(2)15-13(6-9)7-14-16(15)12(4)11(3)8-17-14;1-9-5-6-13-7-14-16(15(13)11(9)3)12(4)10(2)8-17-14;1-9-5-6-10(2)15-13(9)7-14-16(15)12(4)11(3)8-17-14;1-9-5-6-14-13(7-9)8-15-16(14)11(3)10(2)12(4)17-15;1-9-5-6-13-8-15-16(14(13)7-9)11(3)10(2)12(4)17-15;1-9-6-5-7-13-14(9)8-15-16(13)11(3)10(2)12(4)17-15/h3*5-6,8H,7H2,1-4H3;3*5-7H,8H2,1-4H3. The lowest BCUT2D eigenvalue weighted by molar-refractivity contribution is 1.03. The van der Waals surface area contributed by atoms with Crippen LogP contribution in [0.4, 0.5) is 0 Å². The van der Waals surface area contributed by atoms with Crippen LogP contribution in [0.25, 0.3) is 66.8 Å². The Balaban J connectivity index is 0.000000109. The molecule has 0 spiro atoms. The highest BCUT2D eigenvalue weighted by molar-refractivity contribution is 5.86. The molecule has 6 heteroatoms. The predicted molar refractivity (Wildman–Crippen MR) is 429 cm³/mol. The van der Waals surface area contributed by atoms with Gasteiger partial charge >= 0.3 is 0 Å². The fourth-order valence-electron chi connectivity index (χ4n) is 16.9. The van der Waals surface area contributed by atoms with E-state index < -0.39 is 0 Å². The van der Waals surface area contributed by atoms with E-state index in [4.69, 9.17) is 15.0 Å². The third kappa shape index (κ3) is 12.5. The molecule has 516 valence electrons. The fourth-order valence-corrected chi connectivity index (χ4v) is 16.9. The second-order valence-electron chi connectivity index (χ2n) is 30.7. The molecule has 6 aliphatic rings. The molecule has 6 nitrogen and oxygen atoms in total. The summed E-state index contributed by atoms with van der Waals surface area (Å²) in [5, 5.41) is 0. The summed E-state index contributed by atoms with van der Waals surface area (Å²) in [7, 11) is 0. The number of aryl methyl sites for hydroxylation is 14. The topological polar surface area (TPSA) is 77.3 Å². The van der Waals surface area contributed by atoms with E-state index in [9.17, 15) is 0 Å². The number of hydrogen-bond donors (Lipinski definition) is 0. The molecule has 0 N–H and O–H groups in total. The van der Waals surface area contributed by atoms with Crippen LogP contribution in [0.15, 0.2) is 110 Å². The van der Waals surface area contributed by atoms with Crippen LogP contribution in [0.5, 0.6) is 0 Å². The molecule has 18 rings (SSSR count). The van der Waals surface area contributed by atoms with Crippen molar-refractivity contribution in [3.63, 3.8) is 0 Å². The van der Waals surface area contributed by atoms with E-state index in [1.54, 1.807) is 0 Å². The number of rotatable bonds is 0. The maximum absolute atomic E-state index is 4.77. The minimum Gasteiger partial charge on any atom is -0.260 e. The highest BCUT2D eigenvalue weighted by Gasteiger charge is 2.30. The number of fused-ring (bicyclic) bond motifs is 18. The van der Waals surface area contributed by atoms with Gasteiger partial charge in [0.25, 0.3) is 0 Å². The first kappa shape index (κ1) is 70.6. The van der Waals surface area contributed by atoms with Crippen molar-refractivity contribution in [2.45, 2.75) is 205 Å². The van der Waals surface area contributed by atoms with Crippen molar-refractivity contribution >= 4 is 0 Å². The van der Waals surface area contributed by atoms with Gasteiger partial charge in [-0.2, -0.15) is 0 Å². The van der Waals surface area contributed by atoms with Gasteiger partial charge in [-0.1, -0.05) is 108 Å². The van der Waals surface area contributed by atoms with Crippen molar-refractivity contribution < 1.29 is 0 Å². The zero-order valence-electron chi connectivity index (χ0n) is 65.3. The van der Waals surface area contributed by atoms with Crippen LogP contribution >= 0.6 is 0 Å². The molecule has 102 heavy (non-hydrogen) atoms. The zero-order valence-corrected chi connectivity index (χ0v) is 65.3. The van der Waals surface area contributed by atoms with E-state index in [1.807, 2.05) is 18.6 Å². The van der Waals surface area contributed by atoms with Crippen molar-refractivity contribution in [2.75, 3.05) is 0 Å². The Hall–Kier alpha value is -9.78. The van der Waals surface area contributed by atoms with Crippen LogP contribution in [0.3, 0.4) is 0 Å². The summed E-state index contributed by atoms with van der Waals surface area (Å²) in [5.41, 5.74) is 65.1. The Morgan fingerprint density at radius 1 is 0.216 bits per heavy atom. The van der Waals surface area contributed by atoms with E-state index >= 15 is 0 Å².